The second kappa shape index (κ2) is 5.75. The van der Waals surface area contributed by atoms with Crippen LogP contribution in [-0.4, -0.2) is 35.0 Å². The van der Waals surface area contributed by atoms with Gasteiger partial charge in [-0.2, -0.15) is 0 Å². The lowest BCUT2D eigenvalue weighted by Crippen LogP contribution is -2.17. The summed E-state index contributed by atoms with van der Waals surface area (Å²) in [4.78, 5) is 4.44. The summed E-state index contributed by atoms with van der Waals surface area (Å²) < 4.78 is 1.75. The Morgan fingerprint density at radius 3 is 2.56 bits per heavy atom. The molecule has 0 aliphatic carbocycles. The van der Waals surface area contributed by atoms with E-state index in [9.17, 15) is 5.11 Å². The highest BCUT2D eigenvalue weighted by atomic mass is 16.3. The van der Waals surface area contributed by atoms with Crippen LogP contribution in [0.15, 0.2) is 18.3 Å². The van der Waals surface area contributed by atoms with Gasteiger partial charge in [0.25, 0.3) is 0 Å². The van der Waals surface area contributed by atoms with Crippen molar-refractivity contribution in [2.24, 2.45) is 0 Å². The van der Waals surface area contributed by atoms with Crippen molar-refractivity contribution in [3.8, 4) is 0 Å². The maximum absolute atomic E-state index is 9.27. The molecule has 88 valence electrons. The van der Waals surface area contributed by atoms with Gasteiger partial charge in [0.2, 0.25) is 6.04 Å². The van der Waals surface area contributed by atoms with Crippen molar-refractivity contribution in [3.63, 3.8) is 0 Å². The first kappa shape index (κ1) is 12.8. The lowest BCUT2D eigenvalue weighted by Gasteiger charge is -2.12. The van der Waals surface area contributed by atoms with Gasteiger partial charge >= 0.3 is 0 Å². The van der Waals surface area contributed by atoms with Gasteiger partial charge in [0.1, 0.15) is 20.4 Å². The van der Waals surface area contributed by atoms with Crippen molar-refractivity contribution in [3.05, 3.63) is 29.6 Å². The van der Waals surface area contributed by atoms with E-state index in [1.807, 2.05) is 25.4 Å². The van der Waals surface area contributed by atoms with E-state index in [4.69, 9.17) is 0 Å². The van der Waals surface area contributed by atoms with Gasteiger partial charge in [-0.3, -0.25) is 4.98 Å². The third kappa shape index (κ3) is 2.89. The number of aliphatic hydroxyl groups is 1. The Morgan fingerprint density at radius 1 is 1.50 bits per heavy atom. The van der Waals surface area contributed by atoms with E-state index in [1.165, 1.54) is 0 Å². The zero-order valence-corrected chi connectivity index (χ0v) is 10.3. The summed E-state index contributed by atoms with van der Waals surface area (Å²) in [5.41, 5.74) is 2.11. The van der Waals surface area contributed by atoms with Crippen LogP contribution >= 0.6 is 0 Å². The Bertz CT molecular complexity index is 345. The van der Waals surface area contributed by atoms with E-state index in [1.54, 1.807) is 4.58 Å². The summed E-state index contributed by atoms with van der Waals surface area (Å²) in [6.07, 6.45) is 2.93. The molecule has 1 N–H and O–H groups in total. The number of likely N-dealkylation sites (N-methyl/N-ethyl adjacent to an activating group) is 1. The van der Waals surface area contributed by atoms with Crippen molar-refractivity contribution < 1.29 is 9.68 Å². The zero-order valence-electron chi connectivity index (χ0n) is 10.3. The Hall–Kier alpha value is -1.22. The second-order valence-corrected chi connectivity index (χ2v) is 4.28. The highest BCUT2D eigenvalue weighted by Crippen LogP contribution is 2.19. The van der Waals surface area contributed by atoms with Crippen molar-refractivity contribution in [2.75, 3.05) is 13.7 Å². The number of aromatic nitrogens is 1. The molecule has 3 nitrogen and oxygen atoms in total. The van der Waals surface area contributed by atoms with Gasteiger partial charge in [-0.25, -0.2) is 4.58 Å². The molecule has 0 bridgehead atoms. The summed E-state index contributed by atoms with van der Waals surface area (Å²) in [5, 5.41) is 9.27. The second-order valence-electron chi connectivity index (χ2n) is 4.28. The molecule has 0 spiro atoms. The topological polar surface area (TPSA) is 36.1 Å². The minimum Gasteiger partial charge on any atom is -0.389 e. The van der Waals surface area contributed by atoms with Crippen molar-refractivity contribution in [1.82, 2.24) is 4.98 Å². The third-order valence-electron chi connectivity index (χ3n) is 3.02. The SMILES string of the molecule is C=[N+](C)C(CO)c1ccc(C(C)CC)nc1. The van der Waals surface area contributed by atoms with Crippen LogP contribution < -0.4 is 0 Å². The summed E-state index contributed by atoms with van der Waals surface area (Å²) in [6, 6.07) is 3.99. The molecule has 0 saturated heterocycles. The number of rotatable bonds is 5. The predicted octanol–water partition coefficient (Wildman–Crippen LogP) is 1.97. The monoisotopic (exact) mass is 221 g/mol. The van der Waals surface area contributed by atoms with Crippen LogP contribution in [0.5, 0.6) is 0 Å². The van der Waals surface area contributed by atoms with Crippen molar-refractivity contribution >= 4 is 6.72 Å². The Kier molecular flexibility index (Phi) is 4.62. The van der Waals surface area contributed by atoms with Crippen LogP contribution in [0.1, 0.15) is 43.5 Å². The van der Waals surface area contributed by atoms with E-state index < -0.39 is 0 Å². The Morgan fingerprint density at radius 2 is 2.19 bits per heavy atom. The first-order valence-corrected chi connectivity index (χ1v) is 5.70. The normalized spacial score (nSPS) is 14.5. The average Bonchev–Trinajstić information content (AvgIpc) is 2.29. The molecule has 0 radical (unpaired) electrons. The summed E-state index contributed by atoms with van der Waals surface area (Å²) in [7, 11) is 1.85. The number of aliphatic hydroxyl groups excluding tert-OH is 1. The fourth-order valence-corrected chi connectivity index (χ4v) is 1.61. The zero-order chi connectivity index (χ0) is 12.1. The molecule has 0 aliphatic rings. The summed E-state index contributed by atoms with van der Waals surface area (Å²) >= 11 is 0. The standard InChI is InChI=1S/C13H21N2O/c1-5-10(2)12-7-6-11(8-14-12)13(9-16)15(3)4/h6-8,10,13,16H,3,5,9H2,1-2,4H3/q+1. The molecule has 0 aliphatic heterocycles. The third-order valence-corrected chi connectivity index (χ3v) is 3.02. The van der Waals surface area contributed by atoms with Gasteiger partial charge in [-0.1, -0.05) is 13.8 Å². The van der Waals surface area contributed by atoms with Crippen molar-refractivity contribution in [2.45, 2.75) is 32.2 Å². The predicted molar refractivity (Wildman–Crippen MR) is 66.1 cm³/mol. The van der Waals surface area contributed by atoms with Crippen LogP contribution in [0, 0.1) is 0 Å². The molecule has 16 heavy (non-hydrogen) atoms. The molecule has 0 saturated carbocycles. The van der Waals surface area contributed by atoms with E-state index in [-0.39, 0.29) is 12.6 Å². The van der Waals surface area contributed by atoms with Crippen LogP contribution in [0.2, 0.25) is 0 Å². The van der Waals surface area contributed by atoms with Gasteiger partial charge in [0.15, 0.2) is 0 Å². The molecule has 1 aromatic rings. The van der Waals surface area contributed by atoms with Gasteiger partial charge in [-0.15, -0.1) is 0 Å². The molecular weight excluding hydrogens is 200 g/mol. The van der Waals surface area contributed by atoms with E-state index in [0.717, 1.165) is 17.7 Å². The van der Waals surface area contributed by atoms with Crippen LogP contribution in [0.3, 0.4) is 0 Å². The first-order valence-electron chi connectivity index (χ1n) is 5.70. The largest absolute Gasteiger partial charge is 0.389 e. The fraction of sp³-hybridized carbons (Fsp3) is 0.538. The molecule has 2 atom stereocenters. The summed E-state index contributed by atoms with van der Waals surface area (Å²) in [6.45, 7) is 8.18. The Balaban J connectivity index is 2.89. The number of hydrogen-bond donors (Lipinski definition) is 1. The molecule has 1 aromatic heterocycles. The first-order chi connectivity index (χ1) is 7.60. The summed E-state index contributed by atoms with van der Waals surface area (Å²) in [5.74, 6) is 0.485. The quantitative estimate of drug-likeness (QED) is 0.609. The maximum atomic E-state index is 9.27. The van der Waals surface area contributed by atoms with Gasteiger partial charge in [-0.05, 0) is 24.5 Å². The molecule has 1 rings (SSSR count). The van der Waals surface area contributed by atoms with E-state index >= 15 is 0 Å². The van der Waals surface area contributed by atoms with Crippen molar-refractivity contribution in [1.29, 1.82) is 0 Å². The lowest BCUT2D eigenvalue weighted by atomic mass is 10.0. The molecule has 0 amide bonds. The number of hydrogen-bond acceptors (Lipinski definition) is 2. The maximum Gasteiger partial charge on any atom is 0.201 e. The van der Waals surface area contributed by atoms with Crippen LogP contribution in [0.4, 0.5) is 0 Å². The minimum atomic E-state index is -0.0708. The fourth-order valence-electron chi connectivity index (χ4n) is 1.61. The van der Waals surface area contributed by atoms with Crippen LogP contribution in [0.25, 0.3) is 0 Å². The minimum absolute atomic E-state index is 0.0599. The highest BCUT2D eigenvalue weighted by Gasteiger charge is 2.17. The number of nitrogens with zero attached hydrogens (tertiary/aromatic N) is 2. The Labute approximate surface area is 97.5 Å². The highest BCUT2D eigenvalue weighted by molar-refractivity contribution is 5.21. The molecule has 0 fully saturated rings. The molecular formula is C13H21N2O+. The average molecular weight is 221 g/mol. The van der Waals surface area contributed by atoms with Crippen LogP contribution in [-0.2, 0) is 0 Å². The molecule has 3 heteroatoms. The van der Waals surface area contributed by atoms with E-state index in [0.29, 0.717) is 5.92 Å². The molecule has 1 heterocycles. The van der Waals surface area contributed by atoms with Gasteiger partial charge in [0.05, 0.1) is 0 Å². The number of pyridine rings is 1. The molecule has 0 aromatic carbocycles. The van der Waals surface area contributed by atoms with Gasteiger partial charge < -0.3 is 5.11 Å². The smallest absolute Gasteiger partial charge is 0.201 e. The van der Waals surface area contributed by atoms with Gasteiger partial charge in [0, 0.05) is 17.5 Å². The molecule has 2 unspecified atom stereocenters. The van der Waals surface area contributed by atoms with E-state index in [2.05, 4.69) is 25.5 Å². The lowest BCUT2D eigenvalue weighted by molar-refractivity contribution is -0.539.